The van der Waals surface area contributed by atoms with Crippen LogP contribution in [0.3, 0.4) is 0 Å². The van der Waals surface area contributed by atoms with Crippen molar-refractivity contribution in [2.24, 2.45) is 0 Å². The van der Waals surface area contributed by atoms with E-state index in [1.807, 2.05) is 52.0 Å². The van der Waals surface area contributed by atoms with Gasteiger partial charge in [0, 0.05) is 52.2 Å². The van der Waals surface area contributed by atoms with E-state index in [2.05, 4.69) is 10.3 Å². The summed E-state index contributed by atoms with van der Waals surface area (Å²) < 4.78 is 39.7. The third-order valence-corrected chi connectivity index (χ3v) is 9.68. The van der Waals surface area contributed by atoms with Crippen LogP contribution >= 0.6 is 23.2 Å². The zero-order valence-corrected chi connectivity index (χ0v) is 30.0. The van der Waals surface area contributed by atoms with Crippen LogP contribution in [-0.4, -0.2) is 65.5 Å². The predicted octanol–water partition coefficient (Wildman–Crippen LogP) is 7.19. The number of amides is 2. The van der Waals surface area contributed by atoms with Crippen molar-refractivity contribution in [1.82, 2.24) is 15.2 Å². The van der Waals surface area contributed by atoms with Gasteiger partial charge in [-0.05, 0) is 54.9 Å². The molecule has 2 amide bonds. The van der Waals surface area contributed by atoms with Crippen molar-refractivity contribution in [2.75, 3.05) is 13.7 Å². The molecule has 3 heterocycles. The Balaban J connectivity index is 1.48. The van der Waals surface area contributed by atoms with E-state index in [1.54, 1.807) is 32.9 Å². The lowest BCUT2D eigenvalue weighted by atomic mass is 9.77. The number of hydrogen-bond donors (Lipinski definition) is 1. The van der Waals surface area contributed by atoms with Crippen LogP contribution < -0.4 is 15.5 Å². The highest BCUT2D eigenvalue weighted by Crippen LogP contribution is 2.41. The molecule has 13 heteroatoms. The third kappa shape index (κ3) is 7.44. The monoisotopic (exact) mass is 699 g/mol. The molecule has 2 aliphatic heterocycles. The van der Waals surface area contributed by atoms with E-state index in [1.165, 1.54) is 18.1 Å². The van der Waals surface area contributed by atoms with Crippen molar-refractivity contribution < 1.29 is 32.8 Å². The molecule has 256 valence electrons. The maximum atomic E-state index is 16.0. The van der Waals surface area contributed by atoms with Crippen molar-refractivity contribution in [2.45, 2.75) is 90.7 Å². The normalized spacial score (nSPS) is 18.5. The number of carbonyl (C=O) groups is 2. The number of halogens is 3. The Bertz CT molecular complexity index is 1720. The van der Waals surface area contributed by atoms with Crippen LogP contribution in [0.4, 0.5) is 9.18 Å². The third-order valence-electron chi connectivity index (χ3n) is 8.85. The lowest BCUT2D eigenvalue weighted by Crippen LogP contribution is -2.44. The Morgan fingerprint density at radius 1 is 1.06 bits per heavy atom. The molecule has 0 radical (unpaired) electrons. The number of nitrogens with one attached hydrogen (secondary N) is 1. The molecule has 0 bridgehead atoms. The second kappa shape index (κ2) is 13.5. The Morgan fingerprint density at radius 3 is 2.25 bits per heavy atom. The largest absolute Gasteiger partial charge is 0.496 e. The molecule has 0 spiro atoms. The van der Waals surface area contributed by atoms with Gasteiger partial charge in [0.05, 0.1) is 41.1 Å². The number of benzene rings is 2. The molecule has 1 N–H and O–H groups in total. The second-order valence-electron chi connectivity index (χ2n) is 14.1. The zero-order chi connectivity index (χ0) is 35.2. The molecule has 2 saturated heterocycles. The zero-order valence-electron chi connectivity index (χ0n) is 28.5. The lowest BCUT2D eigenvalue weighted by Gasteiger charge is -2.32. The van der Waals surface area contributed by atoms with Gasteiger partial charge in [0.1, 0.15) is 11.4 Å². The Kier molecular flexibility index (Phi) is 10.1. The molecule has 0 aliphatic carbocycles. The van der Waals surface area contributed by atoms with Crippen molar-refractivity contribution in [3.63, 3.8) is 0 Å². The number of methoxy groups -OCH3 is 1. The first kappa shape index (κ1) is 35.9. The van der Waals surface area contributed by atoms with E-state index in [0.717, 1.165) is 0 Å². The predicted molar refractivity (Wildman–Crippen MR) is 185 cm³/mol. The van der Waals surface area contributed by atoms with E-state index in [-0.39, 0.29) is 42.2 Å². The maximum Gasteiger partial charge on any atom is 0.496 e. The number of aromatic nitrogens is 1. The first-order valence-electron chi connectivity index (χ1n) is 15.8. The minimum absolute atomic E-state index is 0.0173. The SMILES string of the molecule is COc1nc(-c2cccc(-c3cccc(B4OC(C)(C)C(C)(C)O4)c3Cl)c2Cl)cc(F)c1CN(C[C@@H]1CCC(=O)N1)C(=O)OC(C)(C)C. The highest BCUT2D eigenvalue weighted by atomic mass is 35.5. The molecule has 48 heavy (non-hydrogen) atoms. The summed E-state index contributed by atoms with van der Waals surface area (Å²) in [5, 5.41) is 3.57. The van der Waals surface area contributed by atoms with Gasteiger partial charge in [-0.3, -0.25) is 4.79 Å². The van der Waals surface area contributed by atoms with Crippen LogP contribution in [0.5, 0.6) is 5.88 Å². The van der Waals surface area contributed by atoms with E-state index in [0.29, 0.717) is 45.0 Å². The summed E-state index contributed by atoms with van der Waals surface area (Å²) in [5.41, 5.74) is 0.769. The van der Waals surface area contributed by atoms with Crippen molar-refractivity contribution in [3.8, 4) is 28.3 Å². The van der Waals surface area contributed by atoms with Crippen LogP contribution in [-0.2, 0) is 25.4 Å². The van der Waals surface area contributed by atoms with Crippen molar-refractivity contribution >= 4 is 47.8 Å². The van der Waals surface area contributed by atoms with E-state index < -0.39 is 35.8 Å². The molecule has 0 unspecified atom stereocenters. The summed E-state index contributed by atoms with van der Waals surface area (Å²) in [6, 6.07) is 11.9. The van der Waals surface area contributed by atoms with Crippen LogP contribution in [0.15, 0.2) is 42.5 Å². The minimum atomic E-state index is -0.784. The highest BCUT2D eigenvalue weighted by molar-refractivity contribution is 6.66. The molecule has 5 rings (SSSR count). The highest BCUT2D eigenvalue weighted by Gasteiger charge is 2.52. The Morgan fingerprint density at radius 2 is 1.67 bits per heavy atom. The van der Waals surface area contributed by atoms with Crippen LogP contribution in [0.2, 0.25) is 10.0 Å². The molecular weight excluding hydrogens is 659 g/mol. The average molecular weight is 700 g/mol. The van der Waals surface area contributed by atoms with Gasteiger partial charge in [-0.1, -0.05) is 59.6 Å². The number of ether oxygens (including phenoxy) is 2. The van der Waals surface area contributed by atoms with Crippen molar-refractivity contribution in [1.29, 1.82) is 0 Å². The molecule has 9 nitrogen and oxygen atoms in total. The smallest absolute Gasteiger partial charge is 0.481 e. The summed E-state index contributed by atoms with van der Waals surface area (Å²) in [5.74, 6) is -0.765. The van der Waals surface area contributed by atoms with Gasteiger partial charge in [0.15, 0.2) is 0 Å². The number of pyridine rings is 1. The molecule has 1 atom stereocenters. The van der Waals surface area contributed by atoms with Gasteiger partial charge in [-0.25, -0.2) is 14.2 Å². The van der Waals surface area contributed by atoms with Crippen LogP contribution in [0.1, 0.15) is 66.9 Å². The average Bonchev–Trinajstić information content (AvgIpc) is 3.50. The molecule has 2 fully saturated rings. The fraction of sp³-hybridized carbons (Fsp3) is 0.457. The van der Waals surface area contributed by atoms with Gasteiger partial charge < -0.3 is 29.0 Å². The first-order chi connectivity index (χ1) is 22.4. The van der Waals surface area contributed by atoms with Crippen LogP contribution in [0, 0.1) is 5.82 Å². The van der Waals surface area contributed by atoms with Crippen LogP contribution in [0.25, 0.3) is 22.4 Å². The minimum Gasteiger partial charge on any atom is -0.481 e. The lowest BCUT2D eigenvalue weighted by molar-refractivity contribution is -0.119. The van der Waals surface area contributed by atoms with Gasteiger partial charge in [0.25, 0.3) is 0 Å². The first-order valence-corrected chi connectivity index (χ1v) is 16.6. The van der Waals surface area contributed by atoms with Gasteiger partial charge >= 0.3 is 13.2 Å². The Labute approximate surface area is 291 Å². The van der Waals surface area contributed by atoms with Gasteiger partial charge in [-0.15, -0.1) is 0 Å². The fourth-order valence-electron chi connectivity index (χ4n) is 5.62. The summed E-state index contributed by atoms with van der Waals surface area (Å²) in [7, 11) is 0.700. The van der Waals surface area contributed by atoms with Gasteiger partial charge in [-0.2, -0.15) is 0 Å². The van der Waals surface area contributed by atoms with E-state index in [4.69, 9.17) is 42.0 Å². The number of carbonyl (C=O) groups excluding carboxylic acids is 2. The van der Waals surface area contributed by atoms with Crippen molar-refractivity contribution in [3.05, 3.63) is 63.9 Å². The molecule has 2 aliphatic rings. The molecule has 2 aromatic carbocycles. The summed E-state index contributed by atoms with van der Waals surface area (Å²) >= 11 is 14.0. The quantitative estimate of drug-likeness (QED) is 0.249. The number of rotatable bonds is 8. The number of nitrogens with zero attached hydrogens (tertiary/aromatic N) is 2. The molecule has 3 aromatic rings. The summed E-state index contributed by atoms with van der Waals surface area (Å²) in [6.07, 6.45) is 0.256. The maximum absolute atomic E-state index is 16.0. The number of hydrogen-bond acceptors (Lipinski definition) is 7. The molecular formula is C35H41BCl2FN3O6. The van der Waals surface area contributed by atoms with Gasteiger partial charge in [0.2, 0.25) is 11.8 Å². The topological polar surface area (TPSA) is 99.2 Å². The van der Waals surface area contributed by atoms with E-state index >= 15 is 4.39 Å². The summed E-state index contributed by atoms with van der Waals surface area (Å²) in [4.78, 5) is 31.0. The Hall–Kier alpha value is -3.38. The standard InChI is InChI=1S/C35H41BCl2FN3O6/c1-33(2,3)46-32(44)42(18-20-15-16-28(43)40-20)19-24-26(39)17-27(41-31(24)45-8)23-13-9-11-21(29(23)37)22-12-10-14-25(30(22)38)36-47-34(4,5)35(6,7)48-36/h9-14,17,20H,15-16,18-19H2,1-8H3,(H,40,43)/t20-/m0/s1. The fourth-order valence-corrected chi connectivity index (χ4v) is 6.26. The van der Waals surface area contributed by atoms with E-state index in [9.17, 15) is 9.59 Å². The molecule has 1 aromatic heterocycles. The second-order valence-corrected chi connectivity index (χ2v) is 14.9. The summed E-state index contributed by atoms with van der Waals surface area (Å²) in [6.45, 7) is 13.1. The molecule has 0 saturated carbocycles.